The summed E-state index contributed by atoms with van der Waals surface area (Å²) < 4.78 is 29.3. The van der Waals surface area contributed by atoms with Crippen LogP contribution in [0.3, 0.4) is 0 Å². The van der Waals surface area contributed by atoms with Crippen molar-refractivity contribution in [3.8, 4) is 10.7 Å². The van der Waals surface area contributed by atoms with Crippen molar-refractivity contribution in [2.75, 3.05) is 45.5 Å². The van der Waals surface area contributed by atoms with Gasteiger partial charge in [-0.1, -0.05) is 18.9 Å². The Balaban J connectivity index is 1.47. The lowest BCUT2D eigenvalue weighted by Crippen LogP contribution is -2.54. The highest BCUT2D eigenvalue weighted by Gasteiger charge is 2.34. The molecule has 32 heavy (non-hydrogen) atoms. The van der Waals surface area contributed by atoms with Gasteiger partial charge in [0.1, 0.15) is 5.03 Å². The molecule has 0 aromatic carbocycles. The monoisotopic (exact) mass is 495 g/mol. The van der Waals surface area contributed by atoms with Crippen molar-refractivity contribution in [1.82, 2.24) is 23.5 Å². The lowest BCUT2D eigenvalue weighted by molar-refractivity contribution is 0.0688. The molecular weight excluding hydrogens is 466 g/mol. The van der Waals surface area contributed by atoms with Gasteiger partial charge >= 0.3 is 0 Å². The van der Waals surface area contributed by atoms with E-state index in [9.17, 15) is 13.2 Å². The van der Waals surface area contributed by atoms with Crippen molar-refractivity contribution >= 4 is 39.2 Å². The molecule has 0 unspecified atom stereocenters. The smallest absolute Gasteiger partial charge is 0.282 e. The molecule has 2 aliphatic heterocycles. The second kappa shape index (κ2) is 10.2. The second-order valence-corrected chi connectivity index (χ2v) is 11.7. The highest BCUT2D eigenvalue weighted by molar-refractivity contribution is 7.98. The maximum atomic E-state index is 13.4. The summed E-state index contributed by atoms with van der Waals surface area (Å²) in [6.07, 6.45) is 5.89. The number of thioether (sulfide) groups is 1. The van der Waals surface area contributed by atoms with E-state index < -0.39 is 10.2 Å². The molecule has 0 spiro atoms. The van der Waals surface area contributed by atoms with Gasteiger partial charge < -0.3 is 4.90 Å². The summed E-state index contributed by atoms with van der Waals surface area (Å²) in [4.78, 5) is 25.3. The van der Waals surface area contributed by atoms with Gasteiger partial charge in [-0.05, 0) is 37.5 Å². The molecule has 0 atom stereocenters. The Morgan fingerprint density at radius 2 is 1.66 bits per heavy atom. The number of aryl methyl sites for hydroxylation is 1. The predicted molar refractivity (Wildman–Crippen MR) is 128 cm³/mol. The van der Waals surface area contributed by atoms with Crippen LogP contribution in [0, 0.1) is 6.92 Å². The number of piperazine rings is 1. The Morgan fingerprint density at radius 1 is 1.00 bits per heavy atom. The molecule has 4 rings (SSSR count). The number of carbonyl (C=O) groups is 1. The zero-order valence-electron chi connectivity index (χ0n) is 18.5. The predicted octanol–water partition coefficient (Wildman–Crippen LogP) is 3.11. The largest absolute Gasteiger partial charge is 0.336 e. The van der Waals surface area contributed by atoms with Crippen molar-refractivity contribution < 1.29 is 13.2 Å². The summed E-state index contributed by atoms with van der Waals surface area (Å²) in [6.45, 7) is 4.37. The van der Waals surface area contributed by atoms with E-state index in [0.717, 1.165) is 30.6 Å². The molecule has 4 heterocycles. The van der Waals surface area contributed by atoms with Gasteiger partial charge in [0.2, 0.25) is 0 Å². The summed E-state index contributed by atoms with van der Waals surface area (Å²) >= 11 is 3.00. The molecule has 0 N–H and O–H groups in total. The van der Waals surface area contributed by atoms with Crippen LogP contribution in [-0.4, -0.2) is 83.3 Å². The molecule has 2 aliphatic rings. The van der Waals surface area contributed by atoms with E-state index >= 15 is 0 Å². The molecule has 0 radical (unpaired) electrons. The Bertz CT molecular complexity index is 1040. The molecular formula is C21H29N5O3S3. The number of amides is 1. The number of carbonyl (C=O) groups excluding carboxylic acids is 1. The lowest BCUT2D eigenvalue weighted by Gasteiger charge is -2.36. The minimum Gasteiger partial charge on any atom is -0.336 e. The average molecular weight is 496 g/mol. The minimum absolute atomic E-state index is 0.128. The van der Waals surface area contributed by atoms with Crippen molar-refractivity contribution in [1.29, 1.82) is 0 Å². The average Bonchev–Trinajstić information content (AvgIpc) is 3.20. The lowest BCUT2D eigenvalue weighted by atomic mass is 10.2. The second-order valence-electron chi connectivity index (χ2n) is 8.01. The summed E-state index contributed by atoms with van der Waals surface area (Å²) in [6, 6.07) is 3.92. The van der Waals surface area contributed by atoms with Crippen molar-refractivity contribution in [3.63, 3.8) is 0 Å². The van der Waals surface area contributed by atoms with Gasteiger partial charge in [-0.15, -0.1) is 23.1 Å². The molecule has 0 aliphatic carbocycles. The first-order valence-electron chi connectivity index (χ1n) is 10.9. The molecule has 174 valence electrons. The number of nitrogens with zero attached hydrogens (tertiary/aromatic N) is 5. The number of aromatic nitrogens is 2. The van der Waals surface area contributed by atoms with Crippen LogP contribution in [0.15, 0.2) is 22.5 Å². The van der Waals surface area contributed by atoms with E-state index in [1.807, 2.05) is 30.7 Å². The van der Waals surface area contributed by atoms with Gasteiger partial charge in [-0.25, -0.2) is 9.97 Å². The fourth-order valence-electron chi connectivity index (χ4n) is 4.17. The van der Waals surface area contributed by atoms with E-state index in [1.54, 1.807) is 20.5 Å². The Morgan fingerprint density at radius 3 is 2.25 bits per heavy atom. The highest BCUT2D eigenvalue weighted by atomic mass is 32.2. The maximum Gasteiger partial charge on any atom is 0.282 e. The number of hydrogen-bond acceptors (Lipinski definition) is 7. The van der Waals surface area contributed by atoms with E-state index in [2.05, 4.69) is 9.97 Å². The highest BCUT2D eigenvalue weighted by Crippen LogP contribution is 2.28. The summed E-state index contributed by atoms with van der Waals surface area (Å²) in [7, 11) is -3.47. The molecule has 2 aromatic rings. The van der Waals surface area contributed by atoms with Crippen LogP contribution in [0.1, 0.15) is 41.7 Å². The van der Waals surface area contributed by atoms with E-state index in [1.165, 1.54) is 16.1 Å². The molecule has 0 saturated carbocycles. The first kappa shape index (κ1) is 23.6. The zero-order chi connectivity index (χ0) is 22.7. The zero-order valence-corrected chi connectivity index (χ0v) is 20.9. The van der Waals surface area contributed by atoms with E-state index in [4.69, 9.17) is 0 Å². The maximum absolute atomic E-state index is 13.4. The number of rotatable bonds is 5. The van der Waals surface area contributed by atoms with Gasteiger partial charge in [0.05, 0.1) is 16.1 Å². The molecule has 11 heteroatoms. The first-order valence-corrected chi connectivity index (χ1v) is 14.4. The molecule has 2 saturated heterocycles. The molecule has 0 bridgehead atoms. The van der Waals surface area contributed by atoms with Crippen LogP contribution in [0.25, 0.3) is 10.7 Å². The van der Waals surface area contributed by atoms with Gasteiger partial charge in [0.25, 0.3) is 16.1 Å². The van der Waals surface area contributed by atoms with Crippen LogP contribution < -0.4 is 0 Å². The van der Waals surface area contributed by atoms with Crippen LogP contribution in [0.4, 0.5) is 0 Å². The summed E-state index contributed by atoms with van der Waals surface area (Å²) in [5, 5.41) is 2.64. The molecule has 2 aromatic heterocycles. The summed E-state index contributed by atoms with van der Waals surface area (Å²) in [5.41, 5.74) is 1.17. The van der Waals surface area contributed by atoms with E-state index in [0.29, 0.717) is 61.4 Å². The van der Waals surface area contributed by atoms with E-state index in [-0.39, 0.29) is 5.91 Å². The number of thiophene rings is 1. The third-order valence-corrected chi connectivity index (χ3v) is 9.53. The summed E-state index contributed by atoms with van der Waals surface area (Å²) in [5.74, 6) is 0.503. The van der Waals surface area contributed by atoms with Crippen molar-refractivity contribution in [3.05, 3.63) is 28.8 Å². The first-order chi connectivity index (χ1) is 15.4. The van der Waals surface area contributed by atoms with Gasteiger partial charge in [-0.3, -0.25) is 4.79 Å². The SMILES string of the molecule is CSc1nc(-c2cccs2)nc(C)c1C(=O)N1CCN(S(=O)(=O)N2CCCCCC2)CC1. The van der Waals surface area contributed by atoms with Gasteiger partial charge in [0, 0.05) is 39.3 Å². The quantitative estimate of drug-likeness (QED) is 0.468. The number of hydrogen-bond donors (Lipinski definition) is 0. The third-order valence-electron chi connectivity index (χ3n) is 5.95. The van der Waals surface area contributed by atoms with Crippen LogP contribution in [0.5, 0.6) is 0 Å². The van der Waals surface area contributed by atoms with Crippen molar-refractivity contribution in [2.45, 2.75) is 37.6 Å². The fraction of sp³-hybridized carbons (Fsp3) is 0.571. The normalized spacial score (nSPS) is 19.1. The van der Waals surface area contributed by atoms with Crippen molar-refractivity contribution in [2.24, 2.45) is 0 Å². The third kappa shape index (κ3) is 4.86. The minimum atomic E-state index is -3.47. The van der Waals surface area contributed by atoms with Crippen LogP contribution in [0.2, 0.25) is 0 Å². The van der Waals surface area contributed by atoms with Crippen LogP contribution in [-0.2, 0) is 10.2 Å². The Hall–Kier alpha value is -1.53. The fourth-order valence-corrected chi connectivity index (χ4v) is 7.12. The topological polar surface area (TPSA) is 86.7 Å². The molecule has 1 amide bonds. The van der Waals surface area contributed by atoms with Crippen LogP contribution >= 0.6 is 23.1 Å². The Labute approximate surface area is 198 Å². The van der Waals surface area contributed by atoms with Gasteiger partial charge in [-0.2, -0.15) is 17.0 Å². The standard InChI is InChI=1S/C21H29N5O3S3/c1-16-18(20(30-2)23-19(22-16)17-8-7-15-31-17)21(27)24-11-13-26(14-12-24)32(28,29)25-9-5-3-4-6-10-25/h7-8,15H,3-6,9-14H2,1-2H3. The molecule has 2 fully saturated rings. The Kier molecular flexibility index (Phi) is 7.51. The molecule has 8 nitrogen and oxygen atoms in total. The van der Waals surface area contributed by atoms with Gasteiger partial charge in [0.15, 0.2) is 5.82 Å².